The van der Waals surface area contributed by atoms with Crippen molar-refractivity contribution in [2.75, 3.05) is 0 Å². The van der Waals surface area contributed by atoms with E-state index in [2.05, 4.69) is 36.6 Å². The molecule has 0 spiro atoms. The Morgan fingerprint density at radius 3 is 2.30 bits per heavy atom. The summed E-state index contributed by atoms with van der Waals surface area (Å²) in [6.45, 7) is 7.46. The Labute approximate surface area is 124 Å². The van der Waals surface area contributed by atoms with E-state index in [0.717, 1.165) is 25.1 Å². The van der Waals surface area contributed by atoms with Crippen LogP contribution < -0.4 is 5.73 Å². The van der Waals surface area contributed by atoms with Gasteiger partial charge in [-0.1, -0.05) is 58.8 Å². The molecule has 1 aromatic heterocycles. The molecule has 0 fully saturated rings. The van der Waals surface area contributed by atoms with Crippen molar-refractivity contribution < 1.29 is 0 Å². The number of nitrogens with zero attached hydrogens (tertiary/aromatic N) is 2. The van der Waals surface area contributed by atoms with Crippen molar-refractivity contribution in [2.45, 2.75) is 91.1 Å². The van der Waals surface area contributed by atoms with Crippen LogP contribution in [0.2, 0.25) is 0 Å². The van der Waals surface area contributed by atoms with E-state index in [1.165, 1.54) is 50.6 Å². The van der Waals surface area contributed by atoms with Crippen molar-refractivity contribution in [3.05, 3.63) is 17.5 Å². The summed E-state index contributed by atoms with van der Waals surface area (Å²) in [6, 6.07) is 2.34. The highest BCUT2D eigenvalue weighted by Gasteiger charge is 2.13. The number of rotatable bonds is 11. The molecule has 0 saturated carbocycles. The first-order valence-corrected chi connectivity index (χ1v) is 8.55. The molecule has 0 aliphatic carbocycles. The maximum atomic E-state index is 6.34. The summed E-state index contributed by atoms with van der Waals surface area (Å²) in [5.41, 5.74) is 8.72. The van der Waals surface area contributed by atoms with Gasteiger partial charge in [-0.3, -0.25) is 4.68 Å². The van der Waals surface area contributed by atoms with Crippen LogP contribution in [0.4, 0.5) is 0 Å². The predicted octanol–water partition coefficient (Wildman–Crippen LogP) is 4.61. The van der Waals surface area contributed by atoms with E-state index in [0.29, 0.717) is 0 Å². The molecule has 0 radical (unpaired) electrons. The van der Waals surface area contributed by atoms with Gasteiger partial charge in [0.25, 0.3) is 0 Å². The normalized spacial score (nSPS) is 12.8. The van der Waals surface area contributed by atoms with Crippen molar-refractivity contribution in [1.29, 1.82) is 0 Å². The summed E-state index contributed by atoms with van der Waals surface area (Å²) in [6.07, 6.45) is 11.5. The van der Waals surface area contributed by atoms with Gasteiger partial charge in [-0.05, 0) is 25.8 Å². The Kier molecular flexibility index (Phi) is 8.59. The highest BCUT2D eigenvalue weighted by molar-refractivity contribution is 5.14. The molecule has 3 nitrogen and oxygen atoms in total. The second-order valence-electron chi connectivity index (χ2n) is 5.75. The van der Waals surface area contributed by atoms with E-state index in [1.54, 1.807) is 0 Å². The van der Waals surface area contributed by atoms with Crippen molar-refractivity contribution in [2.24, 2.45) is 5.73 Å². The molecule has 3 heteroatoms. The molecule has 0 aliphatic rings. The second kappa shape index (κ2) is 9.98. The van der Waals surface area contributed by atoms with Gasteiger partial charge in [0.15, 0.2) is 0 Å². The number of nitrogens with two attached hydrogens (primary N) is 1. The first-order chi connectivity index (χ1) is 9.72. The van der Waals surface area contributed by atoms with Crippen molar-refractivity contribution in [1.82, 2.24) is 9.78 Å². The lowest BCUT2D eigenvalue weighted by molar-refractivity contribution is 0.506. The molecule has 116 valence electrons. The molecular weight excluding hydrogens is 246 g/mol. The highest BCUT2D eigenvalue weighted by atomic mass is 15.3. The van der Waals surface area contributed by atoms with Crippen LogP contribution in [0.15, 0.2) is 6.07 Å². The van der Waals surface area contributed by atoms with Gasteiger partial charge in [0.2, 0.25) is 0 Å². The molecule has 1 atom stereocenters. The lowest BCUT2D eigenvalue weighted by Gasteiger charge is -2.13. The van der Waals surface area contributed by atoms with Crippen LogP contribution in [0.5, 0.6) is 0 Å². The van der Waals surface area contributed by atoms with Crippen LogP contribution >= 0.6 is 0 Å². The molecule has 1 aromatic rings. The number of aryl methyl sites for hydroxylation is 2. The standard InChI is InChI=1S/C17H33N3/c1-4-7-8-9-10-11-12-13-16(18)17-14-15(5-2)19-20(17)6-3/h14,16H,4-13,18H2,1-3H3. The molecule has 1 rings (SSSR count). The summed E-state index contributed by atoms with van der Waals surface area (Å²) < 4.78 is 2.07. The van der Waals surface area contributed by atoms with Crippen LogP contribution in [0.25, 0.3) is 0 Å². The van der Waals surface area contributed by atoms with E-state index in [9.17, 15) is 0 Å². The van der Waals surface area contributed by atoms with Crippen molar-refractivity contribution >= 4 is 0 Å². The fourth-order valence-corrected chi connectivity index (χ4v) is 2.68. The molecule has 1 unspecified atom stereocenters. The monoisotopic (exact) mass is 279 g/mol. The maximum absolute atomic E-state index is 6.34. The average Bonchev–Trinajstić information content (AvgIpc) is 2.89. The Morgan fingerprint density at radius 2 is 1.70 bits per heavy atom. The zero-order chi connectivity index (χ0) is 14.8. The fourth-order valence-electron chi connectivity index (χ4n) is 2.68. The lowest BCUT2D eigenvalue weighted by atomic mass is 10.0. The summed E-state index contributed by atoms with van der Waals surface area (Å²) in [5, 5.41) is 4.58. The third-order valence-corrected chi connectivity index (χ3v) is 4.02. The predicted molar refractivity (Wildman–Crippen MR) is 86.8 cm³/mol. The Balaban J connectivity index is 2.28. The van der Waals surface area contributed by atoms with Crippen molar-refractivity contribution in [3.63, 3.8) is 0 Å². The molecule has 0 saturated heterocycles. The van der Waals surface area contributed by atoms with Gasteiger partial charge in [0.05, 0.1) is 11.4 Å². The van der Waals surface area contributed by atoms with E-state index in [1.807, 2.05) is 0 Å². The number of unbranched alkanes of at least 4 members (excludes halogenated alkanes) is 6. The second-order valence-corrected chi connectivity index (χ2v) is 5.75. The quantitative estimate of drug-likeness (QED) is 0.601. The minimum Gasteiger partial charge on any atom is -0.323 e. The molecule has 0 amide bonds. The number of hydrogen-bond donors (Lipinski definition) is 1. The molecule has 0 aromatic carbocycles. The third kappa shape index (κ3) is 5.66. The van der Waals surface area contributed by atoms with Gasteiger partial charge >= 0.3 is 0 Å². The van der Waals surface area contributed by atoms with Crippen LogP contribution in [0.1, 0.15) is 89.6 Å². The van der Waals surface area contributed by atoms with Crippen molar-refractivity contribution in [3.8, 4) is 0 Å². The van der Waals surface area contributed by atoms with E-state index >= 15 is 0 Å². The van der Waals surface area contributed by atoms with Gasteiger partial charge in [-0.25, -0.2) is 0 Å². The minimum absolute atomic E-state index is 0.151. The van der Waals surface area contributed by atoms with Crippen LogP contribution in [0, 0.1) is 0 Å². The largest absolute Gasteiger partial charge is 0.323 e. The zero-order valence-electron chi connectivity index (χ0n) is 13.7. The van der Waals surface area contributed by atoms with Crippen LogP contribution in [-0.2, 0) is 13.0 Å². The number of hydrogen-bond acceptors (Lipinski definition) is 2. The molecular formula is C17H33N3. The third-order valence-electron chi connectivity index (χ3n) is 4.02. The van der Waals surface area contributed by atoms with Gasteiger partial charge in [-0.15, -0.1) is 0 Å². The van der Waals surface area contributed by atoms with E-state index in [4.69, 9.17) is 5.73 Å². The first-order valence-electron chi connectivity index (χ1n) is 8.55. The van der Waals surface area contributed by atoms with Gasteiger partial charge in [0, 0.05) is 12.6 Å². The Bertz CT molecular complexity index is 357. The van der Waals surface area contributed by atoms with Gasteiger partial charge in [0.1, 0.15) is 0 Å². The summed E-state index contributed by atoms with van der Waals surface area (Å²) in [5.74, 6) is 0. The molecule has 2 N–H and O–H groups in total. The molecule has 0 aliphatic heterocycles. The summed E-state index contributed by atoms with van der Waals surface area (Å²) in [7, 11) is 0. The Morgan fingerprint density at radius 1 is 1.05 bits per heavy atom. The van der Waals surface area contributed by atoms with Crippen LogP contribution in [0.3, 0.4) is 0 Å². The van der Waals surface area contributed by atoms with E-state index in [-0.39, 0.29) is 6.04 Å². The SMILES string of the molecule is CCCCCCCCCC(N)c1cc(CC)nn1CC. The van der Waals surface area contributed by atoms with Gasteiger partial charge in [-0.2, -0.15) is 5.10 Å². The fraction of sp³-hybridized carbons (Fsp3) is 0.824. The minimum atomic E-state index is 0.151. The highest BCUT2D eigenvalue weighted by Crippen LogP contribution is 2.19. The molecule has 20 heavy (non-hydrogen) atoms. The molecule has 1 heterocycles. The number of aromatic nitrogens is 2. The van der Waals surface area contributed by atoms with E-state index < -0.39 is 0 Å². The topological polar surface area (TPSA) is 43.8 Å². The zero-order valence-corrected chi connectivity index (χ0v) is 13.7. The smallest absolute Gasteiger partial charge is 0.0625 e. The average molecular weight is 279 g/mol. The first kappa shape index (κ1) is 17.2. The summed E-state index contributed by atoms with van der Waals surface area (Å²) in [4.78, 5) is 0. The van der Waals surface area contributed by atoms with Gasteiger partial charge < -0.3 is 5.73 Å². The lowest BCUT2D eigenvalue weighted by Crippen LogP contribution is -2.15. The Hall–Kier alpha value is -0.830. The van der Waals surface area contributed by atoms with Crippen LogP contribution in [-0.4, -0.2) is 9.78 Å². The summed E-state index contributed by atoms with van der Waals surface area (Å²) >= 11 is 0. The maximum Gasteiger partial charge on any atom is 0.0625 e. The molecule has 0 bridgehead atoms.